The van der Waals surface area contributed by atoms with Gasteiger partial charge in [0, 0.05) is 24.0 Å². The van der Waals surface area contributed by atoms with Crippen LogP contribution in [0.5, 0.6) is 5.75 Å². The third-order valence-corrected chi connectivity index (χ3v) is 7.69. The highest BCUT2D eigenvalue weighted by molar-refractivity contribution is 7.89. The van der Waals surface area contributed by atoms with Gasteiger partial charge in [-0.2, -0.15) is 4.31 Å². The average molecular weight is 463 g/mol. The van der Waals surface area contributed by atoms with Crippen LogP contribution < -0.4 is 10.1 Å². The number of sulfonamides is 1. The number of hydrogen-bond acceptors (Lipinski definition) is 5. The minimum atomic E-state index is -3.66. The van der Waals surface area contributed by atoms with Crippen LogP contribution in [0.1, 0.15) is 35.4 Å². The number of carbonyl (C=O) groups is 1. The summed E-state index contributed by atoms with van der Waals surface area (Å²) in [4.78, 5) is 13.1. The van der Waals surface area contributed by atoms with E-state index in [9.17, 15) is 13.2 Å². The van der Waals surface area contributed by atoms with E-state index in [1.54, 1.807) is 19.1 Å². The molecule has 1 aliphatic rings. The first-order valence-electron chi connectivity index (χ1n) is 10.00. The summed E-state index contributed by atoms with van der Waals surface area (Å²) in [7, 11) is -2.20. The van der Waals surface area contributed by atoms with E-state index in [2.05, 4.69) is 5.32 Å². The van der Waals surface area contributed by atoms with E-state index in [1.165, 1.54) is 29.6 Å². The lowest BCUT2D eigenvalue weighted by molar-refractivity contribution is 0.0997. The molecule has 164 valence electrons. The second kappa shape index (κ2) is 8.53. The highest BCUT2D eigenvalue weighted by Gasteiger charge is 2.27. The molecule has 0 radical (unpaired) electrons. The predicted octanol–water partition coefficient (Wildman–Crippen LogP) is 4.83. The Labute approximate surface area is 186 Å². The SMILES string of the molecule is COc1ccc(S(=O)(=O)N2CCCCC2)cc1NC(=O)c1oc2c(Cl)cccc2c1C. The topological polar surface area (TPSA) is 88.9 Å². The highest BCUT2D eigenvalue weighted by Crippen LogP contribution is 2.33. The van der Waals surface area contributed by atoms with Gasteiger partial charge in [0.1, 0.15) is 5.75 Å². The van der Waals surface area contributed by atoms with Gasteiger partial charge in [-0.05, 0) is 44.0 Å². The molecule has 4 rings (SSSR count). The van der Waals surface area contributed by atoms with Gasteiger partial charge in [-0.1, -0.05) is 30.2 Å². The molecule has 7 nitrogen and oxygen atoms in total. The first-order valence-corrected chi connectivity index (χ1v) is 11.8. The number of nitrogens with one attached hydrogen (secondary N) is 1. The van der Waals surface area contributed by atoms with E-state index >= 15 is 0 Å². The van der Waals surface area contributed by atoms with Crippen molar-refractivity contribution in [3.8, 4) is 5.75 Å². The van der Waals surface area contributed by atoms with Crippen molar-refractivity contribution in [2.75, 3.05) is 25.5 Å². The second-order valence-corrected chi connectivity index (χ2v) is 9.80. The van der Waals surface area contributed by atoms with Crippen LogP contribution in [0.25, 0.3) is 11.0 Å². The van der Waals surface area contributed by atoms with Gasteiger partial charge in [0.2, 0.25) is 10.0 Å². The molecular formula is C22H23ClN2O5S. The standard InChI is InChI=1S/C22H23ClN2O5S/c1-14-16-7-6-8-17(23)21(16)30-20(14)22(26)24-18-13-15(9-10-19(18)29-2)31(27,28)25-11-4-3-5-12-25/h6-10,13H,3-5,11-12H2,1-2H3,(H,24,26). The number of amides is 1. The van der Waals surface area contributed by atoms with Crippen LogP contribution in [-0.4, -0.2) is 38.8 Å². The molecule has 2 aromatic carbocycles. The molecule has 1 amide bonds. The van der Waals surface area contributed by atoms with Gasteiger partial charge in [0.25, 0.3) is 5.91 Å². The summed E-state index contributed by atoms with van der Waals surface area (Å²) in [6.07, 6.45) is 2.70. The fourth-order valence-electron chi connectivity index (χ4n) is 3.80. The molecule has 1 aliphatic heterocycles. The van der Waals surface area contributed by atoms with Crippen LogP contribution in [0.4, 0.5) is 5.69 Å². The molecular weight excluding hydrogens is 440 g/mol. The molecule has 0 unspecified atom stereocenters. The predicted molar refractivity (Wildman–Crippen MR) is 120 cm³/mol. The summed E-state index contributed by atoms with van der Waals surface area (Å²) < 4.78 is 38.6. The van der Waals surface area contributed by atoms with Crippen molar-refractivity contribution in [1.29, 1.82) is 0 Å². The van der Waals surface area contributed by atoms with Crippen LogP contribution in [0.3, 0.4) is 0 Å². The van der Waals surface area contributed by atoms with E-state index in [4.69, 9.17) is 20.8 Å². The summed E-state index contributed by atoms with van der Waals surface area (Å²) in [5.74, 6) is -0.0669. The van der Waals surface area contributed by atoms with E-state index in [-0.39, 0.29) is 16.3 Å². The Bertz CT molecular complexity index is 1250. The molecule has 0 bridgehead atoms. The number of methoxy groups -OCH3 is 1. The zero-order valence-electron chi connectivity index (χ0n) is 17.3. The van der Waals surface area contributed by atoms with Gasteiger partial charge >= 0.3 is 0 Å². The smallest absolute Gasteiger partial charge is 0.291 e. The van der Waals surface area contributed by atoms with Gasteiger partial charge in [0.05, 0.1) is 22.7 Å². The molecule has 1 fully saturated rings. The largest absolute Gasteiger partial charge is 0.495 e. The van der Waals surface area contributed by atoms with Crippen LogP contribution in [0.15, 0.2) is 45.7 Å². The van der Waals surface area contributed by atoms with Gasteiger partial charge < -0.3 is 14.5 Å². The summed E-state index contributed by atoms with van der Waals surface area (Å²) in [5, 5.41) is 3.88. The Morgan fingerprint density at radius 3 is 2.58 bits per heavy atom. The number of carbonyl (C=O) groups excluding carboxylic acids is 1. The van der Waals surface area contributed by atoms with E-state index in [1.807, 2.05) is 6.07 Å². The normalized spacial score (nSPS) is 15.2. The molecule has 1 aromatic heterocycles. The fraction of sp³-hybridized carbons (Fsp3) is 0.318. The molecule has 0 saturated carbocycles. The number of para-hydroxylation sites is 1. The Hall–Kier alpha value is -2.55. The fourth-order valence-corrected chi connectivity index (χ4v) is 5.56. The van der Waals surface area contributed by atoms with Crippen LogP contribution in [-0.2, 0) is 10.0 Å². The number of hydrogen-bond donors (Lipinski definition) is 1. The minimum Gasteiger partial charge on any atom is -0.495 e. The highest BCUT2D eigenvalue weighted by atomic mass is 35.5. The number of fused-ring (bicyclic) bond motifs is 1. The number of furan rings is 1. The van der Waals surface area contributed by atoms with Gasteiger partial charge in [-0.3, -0.25) is 4.79 Å². The van der Waals surface area contributed by atoms with Crippen LogP contribution in [0.2, 0.25) is 5.02 Å². The lowest BCUT2D eigenvalue weighted by atomic mass is 10.1. The first-order chi connectivity index (χ1) is 14.8. The third-order valence-electron chi connectivity index (χ3n) is 5.49. The molecule has 1 saturated heterocycles. The first kappa shape index (κ1) is 21.7. The third kappa shape index (κ3) is 4.03. The lowest BCUT2D eigenvalue weighted by Crippen LogP contribution is -2.35. The van der Waals surface area contributed by atoms with Gasteiger partial charge in [-0.25, -0.2) is 8.42 Å². The maximum Gasteiger partial charge on any atom is 0.291 e. The van der Waals surface area contributed by atoms with E-state index in [0.717, 1.165) is 24.6 Å². The van der Waals surface area contributed by atoms with Crippen molar-refractivity contribution in [1.82, 2.24) is 4.31 Å². The molecule has 0 aliphatic carbocycles. The summed E-state index contributed by atoms with van der Waals surface area (Å²) in [6.45, 7) is 2.76. The number of piperidine rings is 1. The number of anilines is 1. The van der Waals surface area contributed by atoms with Gasteiger partial charge in [0.15, 0.2) is 11.3 Å². The van der Waals surface area contributed by atoms with Crippen molar-refractivity contribution in [2.45, 2.75) is 31.1 Å². The Kier molecular flexibility index (Phi) is 5.96. The van der Waals surface area contributed by atoms with Crippen molar-refractivity contribution < 1.29 is 22.4 Å². The zero-order valence-corrected chi connectivity index (χ0v) is 18.8. The minimum absolute atomic E-state index is 0.106. The molecule has 1 N–H and O–H groups in total. The molecule has 31 heavy (non-hydrogen) atoms. The summed E-state index contributed by atoms with van der Waals surface area (Å²) in [5.41, 5.74) is 1.32. The summed E-state index contributed by atoms with van der Waals surface area (Å²) >= 11 is 6.18. The average Bonchev–Trinajstić information content (AvgIpc) is 3.12. The maximum absolute atomic E-state index is 13.0. The van der Waals surface area contributed by atoms with E-state index < -0.39 is 15.9 Å². The molecule has 3 aromatic rings. The quantitative estimate of drug-likeness (QED) is 0.586. The zero-order chi connectivity index (χ0) is 22.2. The van der Waals surface area contributed by atoms with E-state index in [0.29, 0.717) is 35.0 Å². The number of ether oxygens (including phenoxy) is 1. The monoisotopic (exact) mass is 462 g/mol. The maximum atomic E-state index is 13.0. The number of benzene rings is 2. The van der Waals surface area contributed by atoms with Crippen molar-refractivity contribution in [2.24, 2.45) is 0 Å². The number of aryl methyl sites for hydroxylation is 1. The van der Waals surface area contributed by atoms with Crippen LogP contribution in [0, 0.1) is 6.92 Å². The Morgan fingerprint density at radius 1 is 1.16 bits per heavy atom. The molecule has 2 heterocycles. The Balaban J connectivity index is 1.68. The molecule has 0 atom stereocenters. The second-order valence-electron chi connectivity index (χ2n) is 7.45. The molecule has 9 heteroatoms. The number of nitrogens with zero attached hydrogens (tertiary/aromatic N) is 1. The van der Waals surface area contributed by atoms with Crippen molar-refractivity contribution >= 4 is 44.2 Å². The Morgan fingerprint density at radius 2 is 1.90 bits per heavy atom. The van der Waals surface area contributed by atoms with Gasteiger partial charge in [-0.15, -0.1) is 0 Å². The lowest BCUT2D eigenvalue weighted by Gasteiger charge is -2.26. The van der Waals surface area contributed by atoms with Crippen molar-refractivity contribution in [3.05, 3.63) is 52.7 Å². The summed E-state index contributed by atoms with van der Waals surface area (Å²) in [6, 6.07) is 9.74. The molecule has 0 spiro atoms. The van der Waals surface area contributed by atoms with Crippen molar-refractivity contribution in [3.63, 3.8) is 0 Å². The number of halogens is 1. The number of rotatable bonds is 5. The van der Waals surface area contributed by atoms with Crippen LogP contribution >= 0.6 is 11.6 Å².